The molecule has 0 fully saturated rings. The zero-order chi connectivity index (χ0) is 22.1. The van der Waals surface area contributed by atoms with Gasteiger partial charge in [0.15, 0.2) is 0 Å². The van der Waals surface area contributed by atoms with Crippen molar-refractivity contribution in [2.45, 2.75) is 45.6 Å². The minimum absolute atomic E-state index is 0.212. The molecule has 0 heterocycles. The first-order valence-electron chi connectivity index (χ1n) is 9.50. The second kappa shape index (κ2) is 10.6. The molecule has 0 aromatic heterocycles. The summed E-state index contributed by atoms with van der Waals surface area (Å²) in [7, 11) is 0. The van der Waals surface area contributed by atoms with Gasteiger partial charge >= 0.3 is 6.09 Å². The average Bonchev–Trinajstić information content (AvgIpc) is 2.69. The third kappa shape index (κ3) is 8.08. The van der Waals surface area contributed by atoms with Crippen LogP contribution in [-0.2, 0) is 22.7 Å². The topological polar surface area (TPSA) is 96.9 Å². The van der Waals surface area contributed by atoms with E-state index >= 15 is 0 Å². The van der Waals surface area contributed by atoms with Crippen LogP contribution in [-0.4, -0.2) is 35.4 Å². The maximum absolute atomic E-state index is 12.9. The lowest BCUT2D eigenvalue weighted by molar-refractivity contribution is -0.124. The first-order valence-corrected chi connectivity index (χ1v) is 9.50. The van der Waals surface area contributed by atoms with E-state index in [2.05, 4.69) is 10.6 Å². The standard InChI is InChI=1S/C22H27FN2O5/c1-22(2,3)30-21(28)25-19(13-26)20(27)24-12-15-6-10-18(11-7-15)29-14-16-4-8-17(23)9-5-16/h4-11,19,26H,12-14H2,1-3H3,(H,24,27)(H,25,28)/t19-/m1/s1. The van der Waals surface area contributed by atoms with E-state index in [1.165, 1.54) is 12.1 Å². The molecule has 0 aliphatic heterocycles. The Morgan fingerprint density at radius 3 is 2.20 bits per heavy atom. The summed E-state index contributed by atoms with van der Waals surface area (Å²) in [5, 5.41) is 14.4. The molecule has 0 bridgehead atoms. The highest BCUT2D eigenvalue weighted by Crippen LogP contribution is 2.14. The van der Waals surface area contributed by atoms with Gasteiger partial charge in [0.25, 0.3) is 0 Å². The number of hydrogen-bond donors (Lipinski definition) is 3. The predicted molar refractivity (Wildman–Crippen MR) is 109 cm³/mol. The zero-order valence-corrected chi connectivity index (χ0v) is 17.3. The Labute approximate surface area is 175 Å². The van der Waals surface area contributed by atoms with Gasteiger partial charge in [-0.05, 0) is 56.2 Å². The Morgan fingerprint density at radius 1 is 1.03 bits per heavy atom. The molecular weight excluding hydrogens is 391 g/mol. The Bertz CT molecular complexity index is 832. The van der Waals surface area contributed by atoms with Crippen molar-refractivity contribution in [1.29, 1.82) is 0 Å². The number of amides is 2. The number of halogens is 1. The number of ether oxygens (including phenoxy) is 2. The van der Waals surface area contributed by atoms with E-state index in [4.69, 9.17) is 9.47 Å². The van der Waals surface area contributed by atoms with E-state index in [0.29, 0.717) is 12.4 Å². The smallest absolute Gasteiger partial charge is 0.408 e. The number of aliphatic hydroxyl groups is 1. The molecule has 0 unspecified atom stereocenters. The van der Waals surface area contributed by atoms with Crippen LogP contribution >= 0.6 is 0 Å². The molecule has 0 saturated heterocycles. The third-order valence-electron chi connectivity index (χ3n) is 3.90. The zero-order valence-electron chi connectivity index (χ0n) is 17.3. The maximum atomic E-state index is 12.9. The van der Waals surface area contributed by atoms with Crippen LogP contribution in [0.15, 0.2) is 48.5 Å². The van der Waals surface area contributed by atoms with Gasteiger partial charge in [0.1, 0.15) is 29.8 Å². The van der Waals surface area contributed by atoms with Crippen LogP contribution in [0.25, 0.3) is 0 Å². The minimum Gasteiger partial charge on any atom is -0.489 e. The van der Waals surface area contributed by atoms with E-state index in [0.717, 1.165) is 11.1 Å². The first-order chi connectivity index (χ1) is 14.2. The summed E-state index contributed by atoms with van der Waals surface area (Å²) in [5.41, 5.74) is 0.952. The Kier molecular flexibility index (Phi) is 8.17. The monoisotopic (exact) mass is 418 g/mol. The summed E-state index contributed by atoms with van der Waals surface area (Å²) in [6.07, 6.45) is -0.778. The fraction of sp³-hybridized carbons (Fsp3) is 0.364. The van der Waals surface area contributed by atoms with Gasteiger partial charge in [-0.15, -0.1) is 0 Å². The highest BCUT2D eigenvalue weighted by Gasteiger charge is 2.23. The highest BCUT2D eigenvalue weighted by atomic mass is 19.1. The van der Waals surface area contributed by atoms with E-state index in [9.17, 15) is 19.1 Å². The third-order valence-corrected chi connectivity index (χ3v) is 3.90. The van der Waals surface area contributed by atoms with Crippen molar-refractivity contribution in [3.05, 3.63) is 65.5 Å². The van der Waals surface area contributed by atoms with Crippen LogP contribution in [0.3, 0.4) is 0 Å². The molecular formula is C22H27FN2O5. The number of rotatable bonds is 8. The SMILES string of the molecule is CC(C)(C)OC(=O)N[C@H](CO)C(=O)NCc1ccc(OCc2ccc(F)cc2)cc1. The summed E-state index contributed by atoms with van der Waals surface area (Å²) < 4.78 is 23.6. The second-order valence-corrected chi connectivity index (χ2v) is 7.66. The van der Waals surface area contributed by atoms with Gasteiger partial charge in [0.05, 0.1) is 6.61 Å². The average molecular weight is 418 g/mol. The van der Waals surface area contributed by atoms with Crippen LogP contribution in [0.2, 0.25) is 0 Å². The second-order valence-electron chi connectivity index (χ2n) is 7.66. The van der Waals surface area contributed by atoms with Crippen molar-refractivity contribution < 1.29 is 28.6 Å². The number of carbonyl (C=O) groups excluding carboxylic acids is 2. The molecule has 0 aliphatic carbocycles. The quantitative estimate of drug-likeness (QED) is 0.613. The van der Waals surface area contributed by atoms with E-state index in [1.54, 1.807) is 57.2 Å². The normalized spacial score (nSPS) is 12.0. The lowest BCUT2D eigenvalue weighted by atomic mass is 10.2. The first kappa shape index (κ1) is 23.2. The fourth-order valence-electron chi connectivity index (χ4n) is 2.41. The Balaban J connectivity index is 1.80. The molecule has 0 spiro atoms. The summed E-state index contributed by atoms with van der Waals surface area (Å²) in [4.78, 5) is 24.0. The summed E-state index contributed by atoms with van der Waals surface area (Å²) >= 11 is 0. The summed E-state index contributed by atoms with van der Waals surface area (Å²) in [6, 6.07) is 12.0. The van der Waals surface area contributed by atoms with Crippen LogP contribution < -0.4 is 15.4 Å². The van der Waals surface area contributed by atoms with Crippen molar-refractivity contribution in [2.75, 3.05) is 6.61 Å². The van der Waals surface area contributed by atoms with Gasteiger partial charge in [0.2, 0.25) is 5.91 Å². The molecule has 2 aromatic carbocycles. The number of nitrogens with one attached hydrogen (secondary N) is 2. The van der Waals surface area contributed by atoms with Gasteiger partial charge in [-0.3, -0.25) is 4.79 Å². The Hall–Kier alpha value is -3.13. The number of aliphatic hydroxyl groups excluding tert-OH is 1. The van der Waals surface area contributed by atoms with Crippen molar-refractivity contribution in [3.8, 4) is 5.75 Å². The summed E-state index contributed by atoms with van der Waals surface area (Å²) in [6.45, 7) is 5.07. The molecule has 8 heteroatoms. The van der Waals surface area contributed by atoms with Crippen LogP contribution in [0.5, 0.6) is 5.75 Å². The van der Waals surface area contributed by atoms with Gasteiger partial charge in [-0.2, -0.15) is 0 Å². The van der Waals surface area contributed by atoms with Crippen LogP contribution in [0.1, 0.15) is 31.9 Å². The van der Waals surface area contributed by atoms with Crippen molar-refractivity contribution in [3.63, 3.8) is 0 Å². The number of benzene rings is 2. The molecule has 2 amide bonds. The molecule has 2 rings (SSSR count). The molecule has 7 nitrogen and oxygen atoms in total. The van der Waals surface area contributed by atoms with Crippen LogP contribution in [0, 0.1) is 5.82 Å². The van der Waals surface area contributed by atoms with E-state index < -0.39 is 30.3 Å². The van der Waals surface area contributed by atoms with E-state index in [-0.39, 0.29) is 12.4 Å². The lowest BCUT2D eigenvalue weighted by Crippen LogP contribution is -2.49. The van der Waals surface area contributed by atoms with Crippen LogP contribution in [0.4, 0.5) is 9.18 Å². The number of alkyl carbamates (subject to hydrolysis) is 1. The van der Waals surface area contributed by atoms with Gasteiger partial charge in [-0.25, -0.2) is 9.18 Å². The molecule has 1 atom stereocenters. The molecule has 2 aromatic rings. The largest absolute Gasteiger partial charge is 0.489 e. The molecule has 0 aliphatic rings. The molecule has 30 heavy (non-hydrogen) atoms. The van der Waals surface area contributed by atoms with Crippen molar-refractivity contribution in [1.82, 2.24) is 10.6 Å². The molecule has 0 radical (unpaired) electrons. The highest BCUT2D eigenvalue weighted by molar-refractivity contribution is 5.85. The van der Waals surface area contributed by atoms with Gasteiger partial charge in [-0.1, -0.05) is 24.3 Å². The molecule has 0 saturated carbocycles. The van der Waals surface area contributed by atoms with Crippen molar-refractivity contribution in [2.24, 2.45) is 0 Å². The summed E-state index contributed by atoms with van der Waals surface area (Å²) in [5.74, 6) is -0.191. The molecule has 162 valence electrons. The predicted octanol–water partition coefficient (Wildman–Crippen LogP) is 2.91. The minimum atomic E-state index is -1.11. The van der Waals surface area contributed by atoms with Crippen molar-refractivity contribution >= 4 is 12.0 Å². The number of hydrogen-bond acceptors (Lipinski definition) is 5. The lowest BCUT2D eigenvalue weighted by Gasteiger charge is -2.22. The maximum Gasteiger partial charge on any atom is 0.408 e. The Morgan fingerprint density at radius 2 is 1.63 bits per heavy atom. The van der Waals surface area contributed by atoms with Gasteiger partial charge in [0, 0.05) is 6.54 Å². The fourth-order valence-corrected chi connectivity index (χ4v) is 2.41. The number of carbonyl (C=O) groups is 2. The van der Waals surface area contributed by atoms with Gasteiger partial charge < -0.3 is 25.2 Å². The van der Waals surface area contributed by atoms with E-state index in [1.807, 2.05) is 0 Å². The molecule has 3 N–H and O–H groups in total.